The van der Waals surface area contributed by atoms with Gasteiger partial charge in [0.15, 0.2) is 0 Å². The first-order valence-electron chi connectivity index (χ1n) is 7.33. The highest BCUT2D eigenvalue weighted by molar-refractivity contribution is 6.07. The SMILES string of the molecule is Cn1c(=O)c(C2=NN[C@H](c3ccco3)C2)c(O)c2ccccc21. The number of hydrogen-bond acceptors (Lipinski definition) is 5. The van der Waals surface area contributed by atoms with Crippen LogP contribution in [0.1, 0.15) is 23.8 Å². The highest BCUT2D eigenvalue weighted by Gasteiger charge is 2.28. The first kappa shape index (κ1) is 13.6. The largest absolute Gasteiger partial charge is 0.506 e. The first-order chi connectivity index (χ1) is 11.2. The van der Waals surface area contributed by atoms with Crippen LogP contribution in [-0.2, 0) is 7.05 Å². The number of aromatic hydroxyl groups is 1. The Kier molecular flexibility index (Phi) is 2.97. The third-order valence-electron chi connectivity index (χ3n) is 4.20. The van der Waals surface area contributed by atoms with Gasteiger partial charge in [-0.25, -0.2) is 0 Å². The molecule has 0 unspecified atom stereocenters. The summed E-state index contributed by atoms with van der Waals surface area (Å²) >= 11 is 0. The van der Waals surface area contributed by atoms with Crippen molar-refractivity contribution in [2.24, 2.45) is 12.1 Å². The van der Waals surface area contributed by atoms with Crippen LogP contribution in [-0.4, -0.2) is 15.4 Å². The fourth-order valence-electron chi connectivity index (χ4n) is 2.99. The average molecular weight is 309 g/mol. The van der Waals surface area contributed by atoms with Gasteiger partial charge in [0, 0.05) is 18.9 Å². The average Bonchev–Trinajstić information content (AvgIpc) is 3.24. The molecule has 0 spiro atoms. The molecule has 0 fully saturated rings. The third-order valence-corrected chi connectivity index (χ3v) is 4.20. The monoisotopic (exact) mass is 309 g/mol. The van der Waals surface area contributed by atoms with Crippen LogP contribution in [0.25, 0.3) is 10.9 Å². The van der Waals surface area contributed by atoms with E-state index in [1.807, 2.05) is 24.3 Å². The molecule has 6 heteroatoms. The van der Waals surface area contributed by atoms with Gasteiger partial charge >= 0.3 is 0 Å². The van der Waals surface area contributed by atoms with E-state index in [-0.39, 0.29) is 22.9 Å². The van der Waals surface area contributed by atoms with Crippen LogP contribution in [0.2, 0.25) is 0 Å². The maximum atomic E-state index is 12.7. The Labute approximate surface area is 131 Å². The number of benzene rings is 1. The molecule has 1 aromatic carbocycles. The Hall–Kier alpha value is -3.02. The van der Waals surface area contributed by atoms with Crippen molar-refractivity contribution >= 4 is 16.6 Å². The number of pyridine rings is 1. The molecule has 2 aromatic heterocycles. The molecule has 0 saturated carbocycles. The summed E-state index contributed by atoms with van der Waals surface area (Å²) in [6, 6.07) is 10.8. The zero-order chi connectivity index (χ0) is 16.0. The van der Waals surface area contributed by atoms with Crippen LogP contribution in [0.5, 0.6) is 5.75 Å². The van der Waals surface area contributed by atoms with Crippen molar-refractivity contribution in [1.82, 2.24) is 9.99 Å². The van der Waals surface area contributed by atoms with Crippen molar-refractivity contribution in [3.05, 3.63) is 64.3 Å². The van der Waals surface area contributed by atoms with Gasteiger partial charge < -0.3 is 14.1 Å². The van der Waals surface area contributed by atoms with Crippen molar-refractivity contribution < 1.29 is 9.52 Å². The van der Waals surface area contributed by atoms with Crippen LogP contribution in [0.15, 0.2) is 57.0 Å². The molecule has 1 aliphatic rings. The zero-order valence-electron chi connectivity index (χ0n) is 12.5. The van der Waals surface area contributed by atoms with Gasteiger partial charge in [-0.2, -0.15) is 5.10 Å². The quantitative estimate of drug-likeness (QED) is 0.761. The summed E-state index contributed by atoms with van der Waals surface area (Å²) in [5.41, 5.74) is 4.17. The maximum absolute atomic E-state index is 12.7. The standard InChI is InChI=1S/C17H15N3O3/c1-20-13-6-3-2-5-10(13)16(21)15(17(20)22)12-9-11(18-19-12)14-7-4-8-23-14/h2-8,11,18,21H,9H2,1H3/t11-/m0/s1. The van der Waals surface area contributed by atoms with E-state index in [4.69, 9.17) is 4.42 Å². The Morgan fingerprint density at radius 3 is 2.91 bits per heavy atom. The summed E-state index contributed by atoms with van der Waals surface area (Å²) in [4.78, 5) is 12.7. The van der Waals surface area contributed by atoms with Gasteiger partial charge in [0.25, 0.3) is 5.56 Å². The topological polar surface area (TPSA) is 79.8 Å². The molecular weight excluding hydrogens is 294 g/mol. The summed E-state index contributed by atoms with van der Waals surface area (Å²) < 4.78 is 6.91. The summed E-state index contributed by atoms with van der Waals surface area (Å²) in [6.45, 7) is 0. The van der Waals surface area contributed by atoms with Crippen molar-refractivity contribution in [1.29, 1.82) is 0 Å². The van der Waals surface area contributed by atoms with E-state index in [9.17, 15) is 9.90 Å². The minimum atomic E-state index is -0.262. The number of para-hydroxylation sites is 1. The van der Waals surface area contributed by atoms with Gasteiger partial charge in [0.2, 0.25) is 0 Å². The lowest BCUT2D eigenvalue weighted by Crippen LogP contribution is -2.24. The highest BCUT2D eigenvalue weighted by Crippen LogP contribution is 2.30. The molecule has 0 radical (unpaired) electrons. The van der Waals surface area contributed by atoms with Gasteiger partial charge in [0.05, 0.1) is 17.5 Å². The predicted octanol–water partition coefficient (Wildman–Crippen LogP) is 2.28. The number of furan rings is 1. The molecule has 1 aliphatic heterocycles. The number of fused-ring (bicyclic) bond motifs is 1. The molecule has 3 heterocycles. The number of nitrogens with one attached hydrogen (secondary N) is 1. The second-order valence-corrected chi connectivity index (χ2v) is 5.56. The Morgan fingerprint density at radius 1 is 1.30 bits per heavy atom. The van der Waals surface area contributed by atoms with E-state index in [1.54, 1.807) is 25.4 Å². The van der Waals surface area contributed by atoms with Crippen LogP contribution in [0.3, 0.4) is 0 Å². The lowest BCUT2D eigenvalue weighted by molar-refractivity contribution is 0.440. The normalized spacial score (nSPS) is 17.3. The van der Waals surface area contributed by atoms with Crippen LogP contribution < -0.4 is 11.0 Å². The van der Waals surface area contributed by atoms with Gasteiger partial charge in [-0.15, -0.1) is 0 Å². The second kappa shape index (κ2) is 5.01. The third kappa shape index (κ3) is 2.03. The fourth-order valence-corrected chi connectivity index (χ4v) is 2.99. The van der Waals surface area contributed by atoms with E-state index < -0.39 is 0 Å². The Morgan fingerprint density at radius 2 is 2.13 bits per heavy atom. The molecule has 23 heavy (non-hydrogen) atoms. The molecule has 0 amide bonds. The van der Waals surface area contributed by atoms with Crippen LogP contribution in [0, 0.1) is 0 Å². The summed E-state index contributed by atoms with van der Waals surface area (Å²) in [5.74, 6) is 0.727. The van der Waals surface area contributed by atoms with Gasteiger partial charge in [0.1, 0.15) is 23.1 Å². The fraction of sp³-hybridized carbons (Fsp3) is 0.176. The smallest absolute Gasteiger partial charge is 0.263 e. The highest BCUT2D eigenvalue weighted by atomic mass is 16.3. The molecule has 4 rings (SSSR count). The van der Waals surface area contributed by atoms with Crippen molar-refractivity contribution in [3.8, 4) is 5.75 Å². The molecule has 2 N–H and O–H groups in total. The molecule has 116 valence electrons. The van der Waals surface area contributed by atoms with E-state index in [2.05, 4.69) is 10.5 Å². The molecule has 1 atom stereocenters. The minimum absolute atomic E-state index is 0.0238. The van der Waals surface area contributed by atoms with E-state index in [1.165, 1.54) is 4.57 Å². The molecular formula is C17H15N3O3. The van der Waals surface area contributed by atoms with Crippen LogP contribution in [0.4, 0.5) is 0 Å². The maximum Gasteiger partial charge on any atom is 0.263 e. The van der Waals surface area contributed by atoms with Crippen molar-refractivity contribution in [2.75, 3.05) is 0 Å². The lowest BCUT2D eigenvalue weighted by Gasteiger charge is -2.11. The van der Waals surface area contributed by atoms with Crippen molar-refractivity contribution in [3.63, 3.8) is 0 Å². The van der Waals surface area contributed by atoms with E-state index in [0.29, 0.717) is 23.0 Å². The number of hydrazone groups is 1. The number of hydrogen-bond donors (Lipinski definition) is 2. The molecule has 0 bridgehead atoms. The summed E-state index contributed by atoms with van der Waals surface area (Å²) in [7, 11) is 1.69. The number of aryl methyl sites for hydroxylation is 1. The zero-order valence-corrected chi connectivity index (χ0v) is 12.5. The van der Waals surface area contributed by atoms with Gasteiger partial charge in [-0.1, -0.05) is 12.1 Å². The molecule has 6 nitrogen and oxygen atoms in total. The number of aromatic nitrogens is 1. The lowest BCUT2D eigenvalue weighted by atomic mass is 10.0. The molecule has 0 aliphatic carbocycles. The van der Waals surface area contributed by atoms with E-state index >= 15 is 0 Å². The van der Waals surface area contributed by atoms with E-state index in [0.717, 1.165) is 5.76 Å². The second-order valence-electron chi connectivity index (χ2n) is 5.56. The van der Waals surface area contributed by atoms with Gasteiger partial charge in [-0.05, 0) is 24.3 Å². The van der Waals surface area contributed by atoms with Gasteiger partial charge in [-0.3, -0.25) is 10.2 Å². The first-order valence-corrected chi connectivity index (χ1v) is 7.33. The van der Waals surface area contributed by atoms with Crippen LogP contribution >= 0.6 is 0 Å². The summed E-state index contributed by atoms with van der Waals surface area (Å²) in [6.07, 6.45) is 2.08. The molecule has 3 aromatic rings. The van der Waals surface area contributed by atoms with Crippen molar-refractivity contribution in [2.45, 2.75) is 12.5 Å². The Bertz CT molecular complexity index is 971. The summed E-state index contributed by atoms with van der Waals surface area (Å²) in [5, 5.41) is 15.5. The molecule has 0 saturated heterocycles. The minimum Gasteiger partial charge on any atom is -0.506 e. The predicted molar refractivity (Wildman–Crippen MR) is 86.6 cm³/mol. The number of nitrogens with zero attached hydrogens (tertiary/aromatic N) is 2. The Balaban J connectivity index is 1.83. The number of rotatable bonds is 2.